The normalized spacial score (nSPS) is 11.7. The molecule has 0 atom stereocenters. The Hall–Kier alpha value is -0.670. The molecule has 0 radical (unpaired) electrons. The summed E-state index contributed by atoms with van der Waals surface area (Å²) in [6, 6.07) is 6.26. The molecule has 0 spiro atoms. The lowest BCUT2D eigenvalue weighted by Gasteiger charge is -2.25. The van der Waals surface area contributed by atoms with E-state index in [1.165, 1.54) is 5.56 Å². The van der Waals surface area contributed by atoms with Crippen LogP contribution in [0.2, 0.25) is 0 Å². The van der Waals surface area contributed by atoms with Crippen LogP contribution in [0.5, 0.6) is 0 Å². The van der Waals surface area contributed by atoms with Crippen LogP contribution in [0.15, 0.2) is 23.1 Å². The van der Waals surface area contributed by atoms with E-state index >= 15 is 0 Å². The predicted octanol–water partition coefficient (Wildman–Crippen LogP) is 2.62. The van der Waals surface area contributed by atoms with E-state index < -0.39 is 0 Å². The first-order valence-corrected chi connectivity index (χ1v) is 6.38. The molecule has 0 aliphatic rings. The van der Waals surface area contributed by atoms with Gasteiger partial charge in [-0.05, 0) is 42.3 Å². The number of hydrogen-bond acceptors (Lipinski definition) is 3. The monoisotopic (exact) mass is 224 g/mol. The largest absolute Gasteiger partial charge is 0.398 e. The van der Waals surface area contributed by atoms with Crippen LogP contribution in [0, 0.1) is 0 Å². The number of anilines is 1. The molecule has 0 heterocycles. The fraction of sp³-hybridized carbons (Fsp3) is 0.500. The van der Waals surface area contributed by atoms with Crippen molar-refractivity contribution in [2.75, 3.05) is 18.5 Å². The van der Waals surface area contributed by atoms with Crippen LogP contribution < -0.4 is 11.5 Å². The first-order chi connectivity index (χ1) is 7.01. The van der Waals surface area contributed by atoms with Crippen molar-refractivity contribution in [3.63, 3.8) is 0 Å². The highest BCUT2D eigenvalue weighted by atomic mass is 32.2. The molecule has 0 fully saturated rings. The summed E-state index contributed by atoms with van der Waals surface area (Å²) in [6.45, 7) is 5.15. The Bertz CT molecular complexity index is 334. The van der Waals surface area contributed by atoms with Gasteiger partial charge in [-0.3, -0.25) is 0 Å². The fourth-order valence-electron chi connectivity index (χ4n) is 1.64. The topological polar surface area (TPSA) is 52.0 Å². The molecular formula is C12H20N2S. The minimum absolute atomic E-state index is 0.132. The molecule has 15 heavy (non-hydrogen) atoms. The van der Waals surface area contributed by atoms with Gasteiger partial charge in [0.2, 0.25) is 0 Å². The Kier molecular flexibility index (Phi) is 4.05. The maximum absolute atomic E-state index is 5.87. The first-order valence-electron chi connectivity index (χ1n) is 5.15. The van der Waals surface area contributed by atoms with E-state index in [-0.39, 0.29) is 5.41 Å². The Morgan fingerprint density at radius 2 is 2.00 bits per heavy atom. The van der Waals surface area contributed by atoms with Crippen LogP contribution in [0.25, 0.3) is 0 Å². The van der Waals surface area contributed by atoms with Gasteiger partial charge in [0.15, 0.2) is 0 Å². The molecule has 0 saturated carbocycles. The van der Waals surface area contributed by atoms with E-state index in [0.29, 0.717) is 6.54 Å². The number of thioether (sulfide) groups is 1. The molecular weight excluding hydrogens is 204 g/mol. The van der Waals surface area contributed by atoms with Crippen molar-refractivity contribution in [3.05, 3.63) is 23.8 Å². The maximum atomic E-state index is 5.87. The summed E-state index contributed by atoms with van der Waals surface area (Å²) >= 11 is 1.69. The molecule has 0 unspecified atom stereocenters. The number of nitrogen functional groups attached to an aromatic ring is 1. The molecule has 1 aromatic rings. The van der Waals surface area contributed by atoms with Gasteiger partial charge in [-0.15, -0.1) is 11.8 Å². The Balaban J connectivity index is 3.04. The van der Waals surface area contributed by atoms with Gasteiger partial charge in [0.25, 0.3) is 0 Å². The minimum atomic E-state index is 0.132. The molecule has 84 valence electrons. The molecule has 0 bridgehead atoms. The summed E-state index contributed by atoms with van der Waals surface area (Å²) in [5.74, 6) is 0. The van der Waals surface area contributed by atoms with Crippen LogP contribution in [0.1, 0.15) is 25.8 Å². The van der Waals surface area contributed by atoms with Crippen LogP contribution >= 0.6 is 11.8 Å². The van der Waals surface area contributed by atoms with E-state index in [9.17, 15) is 0 Å². The molecule has 0 aliphatic carbocycles. The summed E-state index contributed by atoms with van der Waals surface area (Å²) in [6.07, 6.45) is 3.04. The average Bonchev–Trinajstić information content (AvgIpc) is 2.18. The van der Waals surface area contributed by atoms with Crippen molar-refractivity contribution in [1.29, 1.82) is 0 Å². The SMILES string of the molecule is CSc1cc(C(C)(C)CCN)ccc1N. The number of nitrogens with two attached hydrogens (primary N) is 2. The van der Waals surface area contributed by atoms with Crippen LogP contribution in [-0.4, -0.2) is 12.8 Å². The summed E-state index contributed by atoms with van der Waals surface area (Å²) in [5.41, 5.74) is 13.8. The summed E-state index contributed by atoms with van der Waals surface area (Å²) in [4.78, 5) is 1.15. The van der Waals surface area contributed by atoms with Gasteiger partial charge >= 0.3 is 0 Å². The predicted molar refractivity (Wildman–Crippen MR) is 69.3 cm³/mol. The molecule has 0 aromatic heterocycles. The van der Waals surface area contributed by atoms with Crippen molar-refractivity contribution >= 4 is 17.4 Å². The van der Waals surface area contributed by atoms with Crippen molar-refractivity contribution < 1.29 is 0 Å². The highest BCUT2D eigenvalue weighted by Crippen LogP contribution is 2.32. The van der Waals surface area contributed by atoms with Gasteiger partial charge in [0.1, 0.15) is 0 Å². The molecule has 0 saturated heterocycles. The Morgan fingerprint density at radius 1 is 1.33 bits per heavy atom. The van der Waals surface area contributed by atoms with Gasteiger partial charge in [-0.25, -0.2) is 0 Å². The van der Waals surface area contributed by atoms with E-state index in [2.05, 4.69) is 26.0 Å². The van der Waals surface area contributed by atoms with Crippen LogP contribution in [0.4, 0.5) is 5.69 Å². The van der Waals surface area contributed by atoms with Gasteiger partial charge in [-0.2, -0.15) is 0 Å². The van der Waals surface area contributed by atoms with Crippen molar-refractivity contribution in [2.24, 2.45) is 5.73 Å². The second-order valence-electron chi connectivity index (χ2n) is 4.38. The summed E-state index contributed by atoms with van der Waals surface area (Å²) in [7, 11) is 0. The fourth-order valence-corrected chi connectivity index (χ4v) is 2.19. The molecule has 2 nitrogen and oxygen atoms in total. The lowest BCUT2D eigenvalue weighted by Crippen LogP contribution is -2.21. The Morgan fingerprint density at radius 3 is 2.53 bits per heavy atom. The second kappa shape index (κ2) is 4.90. The zero-order valence-electron chi connectivity index (χ0n) is 9.71. The van der Waals surface area contributed by atoms with Crippen molar-refractivity contribution in [3.8, 4) is 0 Å². The van der Waals surface area contributed by atoms with E-state index in [1.807, 2.05) is 12.3 Å². The third-order valence-corrected chi connectivity index (χ3v) is 3.58. The number of benzene rings is 1. The Labute approximate surface area is 96.4 Å². The van der Waals surface area contributed by atoms with Crippen molar-refractivity contribution in [2.45, 2.75) is 30.6 Å². The zero-order valence-corrected chi connectivity index (χ0v) is 10.5. The first kappa shape index (κ1) is 12.4. The third kappa shape index (κ3) is 2.89. The number of rotatable bonds is 4. The summed E-state index contributed by atoms with van der Waals surface area (Å²) < 4.78 is 0. The quantitative estimate of drug-likeness (QED) is 0.610. The van der Waals surface area contributed by atoms with Gasteiger partial charge in [0.05, 0.1) is 0 Å². The van der Waals surface area contributed by atoms with Crippen molar-refractivity contribution in [1.82, 2.24) is 0 Å². The highest BCUT2D eigenvalue weighted by molar-refractivity contribution is 7.98. The zero-order chi connectivity index (χ0) is 11.5. The molecule has 1 rings (SSSR count). The molecule has 0 aliphatic heterocycles. The number of hydrogen-bond donors (Lipinski definition) is 2. The lowest BCUT2D eigenvalue weighted by atomic mass is 9.81. The standard InChI is InChI=1S/C12H20N2S/c1-12(2,6-7-13)9-4-5-10(14)11(8-9)15-3/h4-5,8H,6-7,13-14H2,1-3H3. The summed E-state index contributed by atoms with van der Waals surface area (Å²) in [5, 5.41) is 0. The van der Waals surface area contributed by atoms with Crippen LogP contribution in [-0.2, 0) is 5.41 Å². The molecule has 1 aromatic carbocycles. The lowest BCUT2D eigenvalue weighted by molar-refractivity contribution is 0.487. The molecule has 3 heteroatoms. The van der Waals surface area contributed by atoms with Gasteiger partial charge < -0.3 is 11.5 Å². The van der Waals surface area contributed by atoms with E-state index in [0.717, 1.165) is 17.0 Å². The molecule has 4 N–H and O–H groups in total. The van der Waals surface area contributed by atoms with E-state index in [1.54, 1.807) is 11.8 Å². The second-order valence-corrected chi connectivity index (χ2v) is 5.23. The molecule has 0 amide bonds. The van der Waals surface area contributed by atoms with Gasteiger partial charge in [0, 0.05) is 10.6 Å². The van der Waals surface area contributed by atoms with Crippen LogP contribution in [0.3, 0.4) is 0 Å². The smallest absolute Gasteiger partial charge is 0.0452 e. The highest BCUT2D eigenvalue weighted by Gasteiger charge is 2.20. The minimum Gasteiger partial charge on any atom is -0.398 e. The van der Waals surface area contributed by atoms with Gasteiger partial charge in [-0.1, -0.05) is 19.9 Å². The third-order valence-electron chi connectivity index (χ3n) is 2.78. The average molecular weight is 224 g/mol. The maximum Gasteiger partial charge on any atom is 0.0452 e. The van der Waals surface area contributed by atoms with E-state index in [4.69, 9.17) is 11.5 Å².